The van der Waals surface area contributed by atoms with Crippen LogP contribution < -0.4 is 5.73 Å². The first-order valence-corrected chi connectivity index (χ1v) is 11.2. The molecule has 0 unspecified atom stereocenters. The predicted octanol–water partition coefficient (Wildman–Crippen LogP) is 3.82. The second kappa shape index (κ2) is 11.2. The number of carboxylic acid groups (broad SMARTS) is 1. The Morgan fingerprint density at radius 3 is 2.67 bits per heavy atom. The van der Waals surface area contributed by atoms with Gasteiger partial charge < -0.3 is 10.8 Å². The summed E-state index contributed by atoms with van der Waals surface area (Å²) in [5, 5.41) is 16.1. The van der Waals surface area contributed by atoms with Gasteiger partial charge in [0.05, 0.1) is 18.0 Å². The summed E-state index contributed by atoms with van der Waals surface area (Å²) in [6.07, 6.45) is 13.4. The Morgan fingerprint density at radius 2 is 1.93 bits per heavy atom. The first-order valence-electron chi connectivity index (χ1n) is 11.2. The number of hydrogen-bond acceptors (Lipinski definition) is 7. The number of carboxylic acids is 1. The number of nitrogens with zero attached hydrogens (tertiary/aromatic N) is 5. The molecular weight excluding hydrogens is 384 g/mol. The number of piperidine rings is 1. The van der Waals surface area contributed by atoms with Crippen LogP contribution in [0.1, 0.15) is 87.7 Å². The number of hydrogen-bond donors (Lipinski definition) is 2. The summed E-state index contributed by atoms with van der Waals surface area (Å²) in [4.78, 5) is 25.8. The van der Waals surface area contributed by atoms with E-state index in [9.17, 15) is 9.90 Å². The molecule has 9 nitrogen and oxygen atoms in total. The van der Waals surface area contributed by atoms with Gasteiger partial charge in [-0.3, -0.25) is 4.84 Å². The molecule has 1 atom stereocenters. The van der Waals surface area contributed by atoms with Crippen molar-refractivity contribution in [1.29, 1.82) is 0 Å². The number of anilines is 1. The van der Waals surface area contributed by atoms with Gasteiger partial charge in [-0.1, -0.05) is 51.9 Å². The molecular formula is C21H34N6O3. The van der Waals surface area contributed by atoms with Crippen molar-refractivity contribution >= 4 is 22.8 Å². The molecule has 1 saturated heterocycles. The highest BCUT2D eigenvalue weighted by Crippen LogP contribution is 2.28. The fraction of sp³-hybridized carbons (Fsp3) is 0.714. The van der Waals surface area contributed by atoms with Crippen LogP contribution in [0.15, 0.2) is 6.33 Å². The maximum Gasteiger partial charge on any atom is 0.357 e. The maximum absolute atomic E-state index is 11.6. The zero-order valence-electron chi connectivity index (χ0n) is 17.9. The predicted molar refractivity (Wildman–Crippen MR) is 115 cm³/mol. The molecule has 30 heavy (non-hydrogen) atoms. The first kappa shape index (κ1) is 22.4. The molecule has 2 aromatic rings. The Kier molecular flexibility index (Phi) is 8.39. The standard InChI is InChI=1S/C21H34N6O3/c1-2-3-4-5-6-7-8-9-13-30-26-12-10-11-16(14-26)27-20-17(18(25-27)21(28)29)19(22)23-15-24-20/h15-16H,2-14H2,1H3,(H,28,29)(H2,22,23,24)/t16-/m1/s1. The minimum Gasteiger partial charge on any atom is -0.476 e. The van der Waals surface area contributed by atoms with Crippen LogP contribution in [0.25, 0.3) is 11.0 Å². The number of carbonyl (C=O) groups is 1. The van der Waals surface area contributed by atoms with Crippen LogP contribution in [0.3, 0.4) is 0 Å². The Hall–Kier alpha value is -2.26. The van der Waals surface area contributed by atoms with E-state index in [1.165, 1.54) is 51.3 Å². The Morgan fingerprint density at radius 1 is 1.20 bits per heavy atom. The van der Waals surface area contributed by atoms with E-state index in [2.05, 4.69) is 22.0 Å². The number of nitrogens with two attached hydrogens (primary N) is 1. The molecule has 3 rings (SSSR count). The summed E-state index contributed by atoms with van der Waals surface area (Å²) < 4.78 is 1.68. The molecule has 2 aromatic heterocycles. The molecule has 1 fully saturated rings. The molecule has 1 aliphatic heterocycles. The SMILES string of the molecule is CCCCCCCCCCON1CCC[C@@H](n2nc(C(=O)O)c3c(N)ncnc32)C1. The number of unbranched alkanes of at least 4 members (excludes halogenated alkanes) is 7. The van der Waals surface area contributed by atoms with Crippen LogP contribution in [-0.4, -0.2) is 55.6 Å². The lowest BCUT2D eigenvalue weighted by Gasteiger charge is -2.32. The highest BCUT2D eigenvalue weighted by molar-refractivity contribution is 6.04. The lowest BCUT2D eigenvalue weighted by atomic mass is 10.1. The Balaban J connectivity index is 1.51. The van der Waals surface area contributed by atoms with E-state index in [0.717, 1.165) is 32.4 Å². The second-order valence-electron chi connectivity index (χ2n) is 8.05. The summed E-state index contributed by atoms with van der Waals surface area (Å²) in [6.45, 7) is 4.48. The lowest BCUT2D eigenvalue weighted by Crippen LogP contribution is -2.37. The highest BCUT2D eigenvalue weighted by atomic mass is 16.7. The summed E-state index contributed by atoms with van der Waals surface area (Å²) in [6, 6.07) is -0.0118. The summed E-state index contributed by atoms with van der Waals surface area (Å²) in [5.41, 5.74) is 6.27. The van der Waals surface area contributed by atoms with Crippen LogP contribution in [0.4, 0.5) is 5.82 Å². The van der Waals surface area contributed by atoms with Gasteiger partial charge in [0.2, 0.25) is 0 Å². The van der Waals surface area contributed by atoms with Crippen molar-refractivity contribution in [3.05, 3.63) is 12.0 Å². The molecule has 0 amide bonds. The van der Waals surface area contributed by atoms with Crippen molar-refractivity contribution < 1.29 is 14.7 Å². The zero-order chi connectivity index (χ0) is 21.3. The fourth-order valence-electron chi connectivity index (χ4n) is 4.07. The van der Waals surface area contributed by atoms with Crippen molar-refractivity contribution in [2.75, 3.05) is 25.4 Å². The van der Waals surface area contributed by atoms with E-state index in [4.69, 9.17) is 10.6 Å². The summed E-state index contributed by atoms with van der Waals surface area (Å²) in [5.74, 6) is -0.985. The minimum atomic E-state index is -1.13. The minimum absolute atomic E-state index is 0.0118. The maximum atomic E-state index is 11.6. The fourth-order valence-corrected chi connectivity index (χ4v) is 4.07. The smallest absolute Gasteiger partial charge is 0.357 e. The van der Waals surface area contributed by atoms with Gasteiger partial charge in [-0.25, -0.2) is 19.4 Å². The van der Waals surface area contributed by atoms with Crippen molar-refractivity contribution in [1.82, 2.24) is 24.8 Å². The Labute approximate surface area is 177 Å². The third-order valence-corrected chi connectivity index (χ3v) is 5.70. The van der Waals surface area contributed by atoms with Crippen molar-refractivity contribution in [3.8, 4) is 0 Å². The van der Waals surface area contributed by atoms with Gasteiger partial charge in [-0.2, -0.15) is 10.2 Å². The molecule has 166 valence electrons. The van der Waals surface area contributed by atoms with Crippen molar-refractivity contribution in [2.24, 2.45) is 0 Å². The summed E-state index contributed by atoms with van der Waals surface area (Å²) >= 11 is 0. The normalized spacial score (nSPS) is 17.6. The van der Waals surface area contributed by atoms with E-state index >= 15 is 0 Å². The van der Waals surface area contributed by atoms with Crippen LogP contribution in [0, 0.1) is 0 Å². The van der Waals surface area contributed by atoms with Crippen LogP contribution in [0.2, 0.25) is 0 Å². The first-order chi connectivity index (χ1) is 14.6. The van der Waals surface area contributed by atoms with Gasteiger partial charge in [0.1, 0.15) is 12.1 Å². The summed E-state index contributed by atoms with van der Waals surface area (Å²) in [7, 11) is 0. The van der Waals surface area contributed by atoms with Gasteiger partial charge in [-0.05, 0) is 19.3 Å². The van der Waals surface area contributed by atoms with E-state index in [0.29, 0.717) is 17.6 Å². The molecule has 9 heteroatoms. The number of fused-ring (bicyclic) bond motifs is 1. The molecule has 0 bridgehead atoms. The average molecular weight is 419 g/mol. The number of hydroxylamine groups is 2. The molecule has 0 aromatic carbocycles. The van der Waals surface area contributed by atoms with Crippen LogP contribution in [0.5, 0.6) is 0 Å². The molecule has 0 saturated carbocycles. The molecule has 3 N–H and O–H groups in total. The van der Waals surface area contributed by atoms with E-state index in [-0.39, 0.29) is 17.6 Å². The van der Waals surface area contributed by atoms with Crippen LogP contribution >= 0.6 is 0 Å². The van der Waals surface area contributed by atoms with Crippen LogP contribution in [-0.2, 0) is 4.84 Å². The number of rotatable bonds is 12. The Bertz CT molecular complexity index is 824. The van der Waals surface area contributed by atoms with Gasteiger partial charge in [0.25, 0.3) is 0 Å². The largest absolute Gasteiger partial charge is 0.476 e. The van der Waals surface area contributed by atoms with Crippen molar-refractivity contribution in [2.45, 2.75) is 77.2 Å². The van der Waals surface area contributed by atoms with E-state index < -0.39 is 5.97 Å². The lowest BCUT2D eigenvalue weighted by molar-refractivity contribution is -0.177. The molecule has 0 aliphatic carbocycles. The van der Waals surface area contributed by atoms with Gasteiger partial charge >= 0.3 is 5.97 Å². The van der Waals surface area contributed by atoms with E-state index in [1.54, 1.807) is 4.68 Å². The highest BCUT2D eigenvalue weighted by Gasteiger charge is 2.28. The molecule has 3 heterocycles. The number of aromatic carboxylic acids is 1. The molecule has 0 radical (unpaired) electrons. The number of aromatic nitrogens is 4. The number of nitrogen functional groups attached to an aromatic ring is 1. The second-order valence-corrected chi connectivity index (χ2v) is 8.05. The van der Waals surface area contributed by atoms with Gasteiger partial charge in [0, 0.05) is 13.1 Å². The quantitative estimate of drug-likeness (QED) is 0.499. The molecule has 1 aliphatic rings. The van der Waals surface area contributed by atoms with Gasteiger partial charge in [-0.15, -0.1) is 0 Å². The van der Waals surface area contributed by atoms with Crippen molar-refractivity contribution in [3.63, 3.8) is 0 Å². The van der Waals surface area contributed by atoms with Gasteiger partial charge in [0.15, 0.2) is 11.3 Å². The third kappa shape index (κ3) is 5.66. The average Bonchev–Trinajstić information content (AvgIpc) is 3.14. The monoisotopic (exact) mass is 418 g/mol. The van der Waals surface area contributed by atoms with E-state index in [1.807, 2.05) is 5.06 Å². The molecule has 0 spiro atoms. The topological polar surface area (TPSA) is 119 Å². The third-order valence-electron chi connectivity index (χ3n) is 5.70. The zero-order valence-corrected chi connectivity index (χ0v) is 17.9.